The van der Waals surface area contributed by atoms with Gasteiger partial charge in [0.25, 0.3) is 0 Å². The molecule has 0 aliphatic heterocycles. The molecule has 0 aliphatic carbocycles. The van der Waals surface area contributed by atoms with E-state index in [1.54, 1.807) is 0 Å². The normalized spacial score (nSPS) is 14.1. The van der Waals surface area contributed by atoms with Crippen LogP contribution in [0.2, 0.25) is 0 Å². The van der Waals surface area contributed by atoms with Crippen LogP contribution in [-0.4, -0.2) is 49.3 Å². The molecule has 3 N–H and O–H groups in total. The van der Waals surface area contributed by atoms with E-state index in [0.717, 1.165) is 141 Å². The van der Waals surface area contributed by atoms with Crippen molar-refractivity contribution in [2.75, 3.05) is 26.4 Å². The van der Waals surface area contributed by atoms with E-state index in [9.17, 15) is 19.0 Å². The fourth-order valence-corrected chi connectivity index (χ4v) is 9.13. The van der Waals surface area contributed by atoms with E-state index in [2.05, 4.69) is 184 Å². The van der Waals surface area contributed by atoms with Crippen LogP contribution in [0, 0.1) is 0 Å². The van der Waals surface area contributed by atoms with Crippen molar-refractivity contribution in [1.29, 1.82) is 0 Å². The molecule has 0 heterocycles. The molecule has 0 saturated heterocycles. The Hall–Kier alpha value is -4.63. The van der Waals surface area contributed by atoms with Gasteiger partial charge in [-0.1, -0.05) is 274 Å². The number of rotatable bonds is 59. The summed E-state index contributed by atoms with van der Waals surface area (Å²) in [6.07, 6.45) is 98.5. The standard InChI is InChI=1S/C73H118NO8P/c1-3-5-7-9-11-13-15-17-19-21-23-25-26-27-28-29-30-31-32-33-34-35-36-37-38-39-40-41-42-43-44-46-48-50-52-54-56-58-60-62-64-66-73(76)82-71(70-81-83(77,78)80-68-67-74)69-79-72(75)65-63-61-59-57-55-53-51-49-47-45-24-22-20-18-16-14-12-10-8-6-4-2/h5-8,11-14,17-20,23-25,27-28,30-31,33-34,36-37,39-40,45,49,51,71H,3-4,9-10,15-16,21-22,26,29,32,35,38,41-44,46-48,50,52-70,74H2,1-2H3,(H,77,78)/b7-5-,8-6-,13-11-,14-12-,19-17-,20-18-,25-23-,28-27-,31-30-,34-33-,37-36-,40-39-,45-24-,51-49-. The fraction of sp³-hybridized carbons (Fsp3) is 0.589. The van der Waals surface area contributed by atoms with Gasteiger partial charge in [-0.3, -0.25) is 18.6 Å². The molecular formula is C73H118NO8P. The van der Waals surface area contributed by atoms with Crippen molar-refractivity contribution in [3.05, 3.63) is 170 Å². The maximum atomic E-state index is 12.7. The van der Waals surface area contributed by atoms with Crippen molar-refractivity contribution in [2.45, 2.75) is 251 Å². The number of allylic oxidation sites excluding steroid dienone is 28. The molecule has 83 heavy (non-hydrogen) atoms. The molecule has 0 aromatic carbocycles. The first-order valence-corrected chi connectivity index (χ1v) is 34.1. The molecule has 0 saturated carbocycles. The smallest absolute Gasteiger partial charge is 0.462 e. The highest BCUT2D eigenvalue weighted by molar-refractivity contribution is 7.47. The van der Waals surface area contributed by atoms with Crippen LogP contribution in [0.5, 0.6) is 0 Å². The lowest BCUT2D eigenvalue weighted by molar-refractivity contribution is -0.161. The van der Waals surface area contributed by atoms with Crippen LogP contribution in [0.25, 0.3) is 0 Å². The number of phosphoric acid groups is 1. The average Bonchev–Trinajstić information content (AvgIpc) is 3.49. The van der Waals surface area contributed by atoms with Crippen molar-refractivity contribution >= 4 is 19.8 Å². The van der Waals surface area contributed by atoms with E-state index in [4.69, 9.17) is 24.3 Å². The lowest BCUT2D eigenvalue weighted by Crippen LogP contribution is -2.29. The Morgan fingerprint density at radius 2 is 0.627 bits per heavy atom. The Morgan fingerprint density at radius 3 is 0.928 bits per heavy atom. The number of esters is 2. The molecule has 10 heteroatoms. The van der Waals surface area contributed by atoms with Gasteiger partial charge < -0.3 is 20.1 Å². The van der Waals surface area contributed by atoms with Gasteiger partial charge in [0.05, 0.1) is 13.2 Å². The summed E-state index contributed by atoms with van der Waals surface area (Å²) in [5.74, 6) is -0.860. The van der Waals surface area contributed by atoms with Gasteiger partial charge in [0, 0.05) is 19.4 Å². The van der Waals surface area contributed by atoms with Gasteiger partial charge in [-0.25, -0.2) is 4.57 Å². The summed E-state index contributed by atoms with van der Waals surface area (Å²) >= 11 is 0. The second kappa shape index (κ2) is 66.5. The third kappa shape index (κ3) is 66.4. The molecule has 468 valence electrons. The molecule has 0 aromatic rings. The Morgan fingerprint density at radius 1 is 0.361 bits per heavy atom. The summed E-state index contributed by atoms with van der Waals surface area (Å²) in [6, 6.07) is 0. The first-order valence-electron chi connectivity index (χ1n) is 32.6. The highest BCUT2D eigenvalue weighted by atomic mass is 31.2. The summed E-state index contributed by atoms with van der Waals surface area (Å²) in [6.45, 7) is 3.48. The SMILES string of the molecule is CC/C=C\C/C=C\C/C=C\C/C=C\C/C=C\C/C=C\C/C=C\C/C=C\C/C=C\CCCCCCCCCCCCCCCC(=O)OC(COC(=O)CCCCCCC/C=C\C/C=C\C/C=C\C/C=C\C/C=C\CC)COP(=O)(O)OCCN. The zero-order valence-corrected chi connectivity index (χ0v) is 53.3. The van der Waals surface area contributed by atoms with E-state index < -0.39 is 32.5 Å². The van der Waals surface area contributed by atoms with E-state index in [1.165, 1.54) is 64.2 Å². The first kappa shape index (κ1) is 78.4. The van der Waals surface area contributed by atoms with Crippen molar-refractivity contribution in [2.24, 2.45) is 5.73 Å². The maximum Gasteiger partial charge on any atom is 0.472 e. The Kier molecular flexibility index (Phi) is 62.8. The van der Waals surface area contributed by atoms with Crippen LogP contribution in [-0.2, 0) is 32.7 Å². The van der Waals surface area contributed by atoms with E-state index in [0.29, 0.717) is 12.8 Å². The number of nitrogens with two attached hydrogens (primary N) is 1. The largest absolute Gasteiger partial charge is 0.472 e. The van der Waals surface area contributed by atoms with Gasteiger partial charge in [-0.15, -0.1) is 0 Å². The van der Waals surface area contributed by atoms with Gasteiger partial charge in [0.1, 0.15) is 6.61 Å². The van der Waals surface area contributed by atoms with Crippen molar-refractivity contribution in [3.63, 3.8) is 0 Å². The highest BCUT2D eigenvalue weighted by Gasteiger charge is 2.26. The monoisotopic (exact) mass is 1170 g/mol. The van der Waals surface area contributed by atoms with Crippen LogP contribution >= 0.6 is 7.82 Å². The Labute approximate surface area is 508 Å². The zero-order chi connectivity index (χ0) is 60.1. The summed E-state index contributed by atoms with van der Waals surface area (Å²) in [4.78, 5) is 35.3. The molecule has 0 fully saturated rings. The summed E-state index contributed by atoms with van der Waals surface area (Å²) in [5, 5.41) is 0. The van der Waals surface area contributed by atoms with Gasteiger partial charge in [-0.05, 0) is 128 Å². The molecular weight excluding hydrogens is 1050 g/mol. The zero-order valence-electron chi connectivity index (χ0n) is 52.4. The lowest BCUT2D eigenvalue weighted by Gasteiger charge is -2.19. The average molecular weight is 1170 g/mol. The Balaban J connectivity index is 3.96. The summed E-state index contributed by atoms with van der Waals surface area (Å²) < 4.78 is 33.1. The number of hydrogen-bond donors (Lipinski definition) is 2. The predicted molar refractivity (Wildman–Crippen MR) is 357 cm³/mol. The summed E-state index contributed by atoms with van der Waals surface area (Å²) in [5.41, 5.74) is 5.39. The van der Waals surface area contributed by atoms with Crippen LogP contribution in [0.3, 0.4) is 0 Å². The van der Waals surface area contributed by atoms with Gasteiger partial charge in [-0.2, -0.15) is 0 Å². The fourth-order valence-electron chi connectivity index (χ4n) is 8.36. The van der Waals surface area contributed by atoms with Crippen LogP contribution in [0.15, 0.2) is 170 Å². The van der Waals surface area contributed by atoms with Crippen molar-refractivity contribution in [3.8, 4) is 0 Å². The second-order valence-electron chi connectivity index (χ2n) is 20.9. The van der Waals surface area contributed by atoms with Crippen molar-refractivity contribution < 1.29 is 37.6 Å². The lowest BCUT2D eigenvalue weighted by atomic mass is 10.0. The number of unbranched alkanes of at least 4 members (excludes halogenated alkanes) is 18. The number of phosphoric ester groups is 1. The molecule has 2 atom stereocenters. The van der Waals surface area contributed by atoms with Gasteiger partial charge in [0.15, 0.2) is 6.10 Å². The molecule has 0 amide bonds. The van der Waals surface area contributed by atoms with Gasteiger partial charge >= 0.3 is 19.8 Å². The molecule has 2 unspecified atom stereocenters. The second-order valence-corrected chi connectivity index (χ2v) is 22.3. The minimum Gasteiger partial charge on any atom is -0.462 e. The maximum absolute atomic E-state index is 12.7. The van der Waals surface area contributed by atoms with E-state index in [1.807, 2.05) is 0 Å². The predicted octanol–water partition coefficient (Wildman–Crippen LogP) is 21.4. The van der Waals surface area contributed by atoms with Crippen LogP contribution < -0.4 is 5.73 Å². The molecule has 0 aromatic heterocycles. The third-order valence-corrected chi connectivity index (χ3v) is 14.1. The highest BCUT2D eigenvalue weighted by Crippen LogP contribution is 2.43. The quantitative estimate of drug-likeness (QED) is 0.0264. The molecule has 0 rings (SSSR count). The van der Waals surface area contributed by atoms with Gasteiger partial charge in [0.2, 0.25) is 0 Å². The van der Waals surface area contributed by atoms with E-state index in [-0.39, 0.29) is 32.6 Å². The number of ether oxygens (including phenoxy) is 2. The summed E-state index contributed by atoms with van der Waals surface area (Å²) in [7, 11) is -4.41. The third-order valence-electron chi connectivity index (χ3n) is 13.1. The van der Waals surface area contributed by atoms with Crippen LogP contribution in [0.4, 0.5) is 0 Å². The topological polar surface area (TPSA) is 134 Å². The Bertz CT molecular complexity index is 1960. The van der Waals surface area contributed by atoms with Crippen molar-refractivity contribution in [1.82, 2.24) is 0 Å². The molecule has 0 spiro atoms. The molecule has 0 bridgehead atoms. The van der Waals surface area contributed by atoms with E-state index >= 15 is 0 Å². The number of carbonyl (C=O) groups is 2. The van der Waals surface area contributed by atoms with Crippen LogP contribution in [0.1, 0.15) is 245 Å². The number of hydrogen-bond acceptors (Lipinski definition) is 8. The first-order chi connectivity index (χ1) is 40.8. The molecule has 0 aliphatic rings. The minimum absolute atomic E-state index is 0.0423. The molecule has 0 radical (unpaired) electrons. The number of carbonyl (C=O) groups excluding carboxylic acids is 2. The molecule has 9 nitrogen and oxygen atoms in total. The minimum atomic E-state index is -4.41.